The summed E-state index contributed by atoms with van der Waals surface area (Å²) in [6.07, 6.45) is -8.60. The van der Waals surface area contributed by atoms with Gasteiger partial charge in [0.15, 0.2) is 30.3 Å². The van der Waals surface area contributed by atoms with E-state index in [2.05, 4.69) is 20.3 Å². The van der Waals surface area contributed by atoms with Gasteiger partial charge in [-0.2, -0.15) is 4.98 Å². The second kappa shape index (κ2) is 12.7. The molecular weight excluding hydrogens is 690 g/mol. The normalized spacial score (nSPS) is 36.7. The van der Waals surface area contributed by atoms with Crippen LogP contribution in [0, 0.1) is 0 Å². The summed E-state index contributed by atoms with van der Waals surface area (Å²) in [5.74, 6) is -0.218. The molecule has 0 aliphatic carbocycles. The third kappa shape index (κ3) is 6.53. The summed E-state index contributed by atoms with van der Waals surface area (Å²) in [4.78, 5) is 56.1. The van der Waals surface area contributed by atoms with Crippen molar-refractivity contribution in [1.29, 1.82) is 0 Å². The summed E-state index contributed by atoms with van der Waals surface area (Å²) < 4.78 is 49.4. The number of carbonyl (C=O) groups is 1. The highest BCUT2D eigenvalue weighted by molar-refractivity contribution is 8.07. The van der Waals surface area contributed by atoms with Crippen LogP contribution in [0.5, 0.6) is 0 Å². The highest BCUT2D eigenvalue weighted by Gasteiger charge is 2.53. The van der Waals surface area contributed by atoms with Gasteiger partial charge >= 0.3 is 14.5 Å². The first-order valence-corrected chi connectivity index (χ1v) is 17.8. The minimum Gasteiger partial charge on any atom is -0.387 e. The number of hydrogen-bond donors (Lipinski definition) is 8. The molecule has 21 nitrogen and oxygen atoms in total. The molecule has 6 heterocycles. The van der Waals surface area contributed by atoms with Crippen molar-refractivity contribution in [2.45, 2.75) is 49.1 Å². The van der Waals surface area contributed by atoms with E-state index < -0.39 is 82.4 Å². The highest BCUT2D eigenvalue weighted by atomic mass is 32.5. The molecule has 10 atom stereocenters. The van der Waals surface area contributed by atoms with Gasteiger partial charge in [-0.25, -0.2) is 4.57 Å². The van der Waals surface area contributed by atoms with Gasteiger partial charge in [0, 0.05) is 19.4 Å². The molecule has 0 spiro atoms. The van der Waals surface area contributed by atoms with Gasteiger partial charge < -0.3 is 59.9 Å². The first kappa shape index (κ1) is 33.8. The van der Waals surface area contributed by atoms with Crippen LogP contribution in [0.3, 0.4) is 0 Å². The Balaban J connectivity index is 1.32. The number of aliphatic hydroxyl groups excluding tert-OH is 2. The first-order valence-electron chi connectivity index (χ1n) is 13.7. The predicted octanol–water partition coefficient (Wildman–Crippen LogP) is -1.37. The zero-order valence-corrected chi connectivity index (χ0v) is 26.7. The van der Waals surface area contributed by atoms with E-state index in [1.54, 1.807) is 0 Å². The molecule has 6 rings (SSSR count). The quantitative estimate of drug-likeness (QED) is 0.0667. The van der Waals surface area contributed by atoms with Gasteiger partial charge in [0.05, 0.1) is 24.2 Å². The minimum atomic E-state index is -5.05. The van der Waals surface area contributed by atoms with E-state index >= 15 is 0 Å². The topological polar surface area (TPSA) is 302 Å². The molecule has 3 aliphatic rings. The van der Waals surface area contributed by atoms with E-state index in [1.807, 2.05) is 0 Å². The number of ether oxygens (including phenoxy) is 2. The van der Waals surface area contributed by atoms with Gasteiger partial charge in [0.2, 0.25) is 5.95 Å². The smallest absolute Gasteiger partial charge is 0.387 e. The molecule has 3 aromatic heterocycles. The molecule has 3 saturated heterocycles. The van der Waals surface area contributed by atoms with Crippen molar-refractivity contribution < 1.29 is 56.9 Å². The Labute approximate surface area is 268 Å². The Hall–Kier alpha value is -3.08. The van der Waals surface area contributed by atoms with Crippen molar-refractivity contribution in [3.05, 3.63) is 40.4 Å². The van der Waals surface area contributed by atoms with E-state index in [0.29, 0.717) is 6.29 Å². The number of carbonyl (C=O) groups excluding carboxylic acids is 1. The summed E-state index contributed by atoms with van der Waals surface area (Å²) in [7, 11) is -3.65. The SMILES string of the molecule is CN=C(N)Nc1c(C=O)ccn1C1OC2COP(O)(=S)OC3C(O)C(COP(=O)(O)OC2C1O)OC3n1ccc2c(=O)[nH]c(N)nc21. The van der Waals surface area contributed by atoms with Crippen molar-refractivity contribution >= 4 is 61.4 Å². The number of nitrogens with zero attached hydrogens (tertiary/aromatic N) is 4. The number of nitrogens with one attached hydrogen (secondary N) is 2. The van der Waals surface area contributed by atoms with Crippen molar-refractivity contribution in [3.8, 4) is 0 Å². The monoisotopic (exact) mass is 720 g/mol. The number of phosphoric acid groups is 1. The molecular formula is C23H30N8O13P2S. The second-order valence-corrected chi connectivity index (χ2v) is 14.8. The Morgan fingerprint density at radius 2 is 1.81 bits per heavy atom. The van der Waals surface area contributed by atoms with E-state index in [1.165, 1.54) is 40.7 Å². The fourth-order valence-electron chi connectivity index (χ4n) is 5.46. The van der Waals surface area contributed by atoms with E-state index in [0.717, 1.165) is 0 Å². The number of aldehydes is 1. The molecule has 3 fully saturated rings. The average molecular weight is 721 g/mol. The van der Waals surface area contributed by atoms with Crippen LogP contribution in [0.15, 0.2) is 34.3 Å². The standard InChI is InChI=1S/C23H30N8O13P2S/c1-26-22(24)27-17-9(6-32)2-4-30(17)20-14(34)15-12(42-20)8-40-46(38,47)44-16-13(33)11(7-39-45(36,37)43-15)41-21(16)31-5-3-10-18(31)28-23(25)29-19(10)35/h2-6,11-16,20-21,33-34H,7-8H2,1H3,(H,36,37)(H,38,47)(H3,24,26,27)(H3,25,28,29,35). The molecule has 10 N–H and O–H groups in total. The second-order valence-electron chi connectivity index (χ2n) is 10.6. The van der Waals surface area contributed by atoms with Crippen LogP contribution < -0.4 is 22.3 Å². The number of nitrogen functional groups attached to an aromatic ring is 1. The molecule has 2 bridgehead atoms. The number of phosphoric ester groups is 1. The zero-order chi connectivity index (χ0) is 33.8. The van der Waals surface area contributed by atoms with E-state index in [4.69, 9.17) is 50.8 Å². The van der Waals surface area contributed by atoms with Crippen molar-refractivity contribution in [2.75, 3.05) is 31.3 Å². The number of hydrogen-bond acceptors (Lipinski definition) is 15. The molecule has 0 aromatic carbocycles. The number of nitrogens with two attached hydrogens (primary N) is 2. The van der Waals surface area contributed by atoms with Crippen LogP contribution in [0.25, 0.3) is 11.0 Å². The van der Waals surface area contributed by atoms with Gasteiger partial charge in [-0.05, 0) is 23.9 Å². The Bertz CT molecular complexity index is 1870. The van der Waals surface area contributed by atoms with Crippen LogP contribution in [0.1, 0.15) is 22.8 Å². The molecule has 47 heavy (non-hydrogen) atoms. The molecule has 256 valence electrons. The maximum absolute atomic E-state index is 13.2. The fraction of sp³-hybridized carbons (Fsp3) is 0.478. The van der Waals surface area contributed by atoms with Gasteiger partial charge in [0.25, 0.3) is 5.56 Å². The number of guanidine groups is 1. The number of rotatable bonds is 4. The lowest BCUT2D eigenvalue weighted by atomic mass is 10.1. The van der Waals surface area contributed by atoms with Gasteiger partial charge in [0.1, 0.15) is 42.4 Å². The summed E-state index contributed by atoms with van der Waals surface area (Å²) in [6.45, 7) is -5.71. The number of aliphatic imine (C=N–C) groups is 1. The number of aromatic amines is 1. The third-order valence-corrected chi connectivity index (χ3v) is 10.2. The number of anilines is 2. The molecule has 3 aliphatic heterocycles. The van der Waals surface area contributed by atoms with Crippen LogP contribution in [0.2, 0.25) is 0 Å². The van der Waals surface area contributed by atoms with Crippen LogP contribution in [-0.4, -0.2) is 108 Å². The lowest BCUT2D eigenvalue weighted by Crippen LogP contribution is -2.36. The van der Waals surface area contributed by atoms with Gasteiger partial charge in [-0.3, -0.25) is 33.1 Å². The van der Waals surface area contributed by atoms with Crippen LogP contribution >= 0.6 is 14.5 Å². The van der Waals surface area contributed by atoms with Crippen molar-refractivity contribution in [1.82, 2.24) is 19.1 Å². The average Bonchev–Trinajstić information content (AvgIpc) is 3.76. The largest absolute Gasteiger partial charge is 0.472 e. The fourth-order valence-corrected chi connectivity index (χ4v) is 7.84. The molecule has 10 unspecified atom stereocenters. The summed E-state index contributed by atoms with van der Waals surface area (Å²) in [5.41, 5.74) is 11.1. The summed E-state index contributed by atoms with van der Waals surface area (Å²) >= 11 is 5.23. The van der Waals surface area contributed by atoms with Crippen LogP contribution in [-0.2, 0) is 43.9 Å². The lowest BCUT2D eigenvalue weighted by molar-refractivity contribution is -0.0635. The van der Waals surface area contributed by atoms with E-state index in [-0.39, 0.29) is 34.3 Å². The van der Waals surface area contributed by atoms with Crippen molar-refractivity contribution in [3.63, 3.8) is 0 Å². The zero-order valence-electron chi connectivity index (χ0n) is 24.1. The number of aromatic nitrogens is 4. The predicted molar refractivity (Wildman–Crippen MR) is 164 cm³/mol. The third-order valence-electron chi connectivity index (χ3n) is 7.64. The molecule has 0 amide bonds. The Kier molecular flexibility index (Phi) is 9.17. The summed E-state index contributed by atoms with van der Waals surface area (Å²) in [6, 6.07) is 2.80. The molecule has 0 saturated carbocycles. The maximum atomic E-state index is 13.2. The number of H-pyrrole nitrogens is 1. The lowest BCUT2D eigenvalue weighted by Gasteiger charge is -2.27. The molecule has 3 aromatic rings. The maximum Gasteiger partial charge on any atom is 0.472 e. The number of fused-ring (bicyclic) bond motifs is 4. The summed E-state index contributed by atoms with van der Waals surface area (Å²) in [5, 5.41) is 25.2. The first-order chi connectivity index (χ1) is 22.2. The van der Waals surface area contributed by atoms with Crippen molar-refractivity contribution in [2.24, 2.45) is 10.7 Å². The highest BCUT2D eigenvalue weighted by Crippen LogP contribution is 2.54. The number of aliphatic hydroxyl groups is 2. The van der Waals surface area contributed by atoms with Gasteiger partial charge in [-0.1, -0.05) is 0 Å². The van der Waals surface area contributed by atoms with E-state index in [9.17, 15) is 34.2 Å². The Morgan fingerprint density at radius 3 is 2.53 bits per heavy atom. The Morgan fingerprint density at radius 1 is 1.11 bits per heavy atom. The van der Waals surface area contributed by atoms with Gasteiger partial charge in [-0.15, -0.1) is 0 Å². The minimum absolute atomic E-state index is 0.0360. The molecule has 24 heteroatoms. The van der Waals surface area contributed by atoms with Crippen LogP contribution in [0.4, 0.5) is 11.8 Å². The molecule has 0 radical (unpaired) electrons.